The third-order valence-electron chi connectivity index (χ3n) is 11.8. The summed E-state index contributed by atoms with van der Waals surface area (Å²) in [6.45, 7) is 0. The van der Waals surface area contributed by atoms with Crippen molar-refractivity contribution < 1.29 is 0 Å². The molecule has 59 heavy (non-hydrogen) atoms. The maximum atomic E-state index is 2.57. The van der Waals surface area contributed by atoms with E-state index in [9.17, 15) is 0 Å². The van der Waals surface area contributed by atoms with E-state index in [2.05, 4.69) is 217 Å². The largest absolute Gasteiger partial charge is 0.309 e. The SMILES string of the molecule is c1ccc(-c2ccc3c(c2)sc2c(-c4ccccc4)ccc(N(c4ccc5ccc6ccccc6c5c4)c4cc(-c5ccccc5)cc5sc6ccccc6c45)c23)cc1. The highest BCUT2D eigenvalue weighted by Crippen LogP contribution is 2.52. The molecule has 0 bridgehead atoms. The summed E-state index contributed by atoms with van der Waals surface area (Å²) < 4.78 is 5.13. The molecule has 0 spiro atoms. The van der Waals surface area contributed by atoms with E-state index in [1.807, 2.05) is 22.7 Å². The molecule has 0 aliphatic rings. The second kappa shape index (κ2) is 13.8. The Labute approximate surface area is 350 Å². The Hall–Kier alpha value is -7.04. The fourth-order valence-corrected chi connectivity index (χ4v) is 11.5. The van der Waals surface area contributed by atoms with Crippen LogP contribution in [-0.4, -0.2) is 0 Å². The molecule has 12 aromatic rings. The van der Waals surface area contributed by atoms with E-state index in [1.54, 1.807) is 0 Å². The zero-order valence-corrected chi connectivity index (χ0v) is 33.6. The van der Waals surface area contributed by atoms with Gasteiger partial charge in [0.2, 0.25) is 0 Å². The highest BCUT2D eigenvalue weighted by molar-refractivity contribution is 7.26. The monoisotopic (exact) mass is 785 g/mol. The summed E-state index contributed by atoms with van der Waals surface area (Å²) in [5.41, 5.74) is 10.8. The minimum Gasteiger partial charge on any atom is -0.309 e. The molecule has 2 aromatic heterocycles. The lowest BCUT2D eigenvalue weighted by Gasteiger charge is -2.29. The first-order valence-electron chi connectivity index (χ1n) is 20.1. The van der Waals surface area contributed by atoms with E-state index in [1.165, 1.54) is 107 Å². The normalized spacial score (nSPS) is 11.7. The molecule has 0 aliphatic carbocycles. The van der Waals surface area contributed by atoms with Crippen LogP contribution >= 0.6 is 22.7 Å². The van der Waals surface area contributed by atoms with E-state index in [0.717, 1.165) is 5.69 Å². The van der Waals surface area contributed by atoms with Crippen LogP contribution in [0, 0.1) is 0 Å². The van der Waals surface area contributed by atoms with Gasteiger partial charge in [-0.25, -0.2) is 0 Å². The molecule has 2 heterocycles. The smallest absolute Gasteiger partial charge is 0.0561 e. The number of nitrogens with zero attached hydrogens (tertiary/aromatic N) is 1. The highest BCUT2D eigenvalue weighted by atomic mass is 32.1. The first kappa shape index (κ1) is 34.0. The summed E-state index contributed by atoms with van der Waals surface area (Å²) in [7, 11) is 0. The van der Waals surface area contributed by atoms with Crippen molar-refractivity contribution in [3.63, 3.8) is 0 Å². The second-order valence-electron chi connectivity index (χ2n) is 15.2. The van der Waals surface area contributed by atoms with Crippen LogP contribution in [-0.2, 0) is 0 Å². The average molecular weight is 786 g/mol. The number of benzene rings is 10. The second-order valence-corrected chi connectivity index (χ2v) is 17.4. The number of anilines is 3. The van der Waals surface area contributed by atoms with Crippen LogP contribution in [0.25, 0.3) is 95.3 Å². The van der Waals surface area contributed by atoms with Crippen LogP contribution in [0.15, 0.2) is 212 Å². The Morgan fingerprint density at radius 3 is 1.69 bits per heavy atom. The van der Waals surface area contributed by atoms with E-state index < -0.39 is 0 Å². The molecular formula is C56H35NS2. The lowest BCUT2D eigenvalue weighted by molar-refractivity contribution is 1.33. The first-order valence-corrected chi connectivity index (χ1v) is 21.7. The molecule has 0 atom stereocenters. The molecule has 10 aromatic carbocycles. The van der Waals surface area contributed by atoms with Gasteiger partial charge in [-0.15, -0.1) is 22.7 Å². The molecule has 0 fully saturated rings. The van der Waals surface area contributed by atoms with Gasteiger partial charge >= 0.3 is 0 Å². The summed E-state index contributed by atoms with van der Waals surface area (Å²) >= 11 is 3.78. The molecule has 0 unspecified atom stereocenters. The predicted molar refractivity (Wildman–Crippen MR) is 258 cm³/mol. The molecule has 12 rings (SSSR count). The van der Waals surface area contributed by atoms with E-state index >= 15 is 0 Å². The molecule has 0 amide bonds. The zero-order chi connectivity index (χ0) is 38.9. The van der Waals surface area contributed by atoms with E-state index in [4.69, 9.17) is 0 Å². The average Bonchev–Trinajstić information content (AvgIpc) is 3.89. The van der Waals surface area contributed by atoms with Crippen molar-refractivity contribution in [1.82, 2.24) is 0 Å². The van der Waals surface area contributed by atoms with Gasteiger partial charge in [0, 0.05) is 46.0 Å². The maximum absolute atomic E-state index is 2.57. The Balaban J connectivity index is 1.22. The number of thiophene rings is 2. The lowest BCUT2D eigenvalue weighted by atomic mass is 9.96. The number of rotatable bonds is 6. The lowest BCUT2D eigenvalue weighted by Crippen LogP contribution is -2.11. The molecule has 276 valence electrons. The third kappa shape index (κ3) is 5.66. The van der Waals surface area contributed by atoms with Gasteiger partial charge in [-0.05, 0) is 97.4 Å². The Morgan fingerprint density at radius 1 is 0.305 bits per heavy atom. The molecule has 3 heteroatoms. The van der Waals surface area contributed by atoms with Crippen molar-refractivity contribution >= 4 is 102 Å². The molecule has 1 nitrogen and oxygen atoms in total. The number of hydrogen-bond donors (Lipinski definition) is 0. The topological polar surface area (TPSA) is 3.24 Å². The summed E-state index contributed by atoms with van der Waals surface area (Å²) in [5, 5.41) is 10.1. The zero-order valence-electron chi connectivity index (χ0n) is 32.0. The summed E-state index contributed by atoms with van der Waals surface area (Å²) in [5.74, 6) is 0. The quantitative estimate of drug-likeness (QED) is 0.152. The fourth-order valence-electron chi connectivity index (χ4n) is 9.05. The van der Waals surface area contributed by atoms with Gasteiger partial charge in [0.25, 0.3) is 0 Å². The molecule has 0 saturated carbocycles. The molecule has 0 radical (unpaired) electrons. The van der Waals surface area contributed by atoms with Crippen LogP contribution in [0.2, 0.25) is 0 Å². The maximum Gasteiger partial charge on any atom is 0.0561 e. The fraction of sp³-hybridized carbons (Fsp3) is 0. The van der Waals surface area contributed by atoms with Crippen LogP contribution < -0.4 is 4.90 Å². The minimum atomic E-state index is 1.13. The van der Waals surface area contributed by atoms with Crippen molar-refractivity contribution in [3.8, 4) is 33.4 Å². The number of fused-ring (bicyclic) bond motifs is 9. The molecule has 0 saturated heterocycles. The first-order chi connectivity index (χ1) is 29.2. The van der Waals surface area contributed by atoms with E-state index in [-0.39, 0.29) is 0 Å². The molecule has 0 aliphatic heterocycles. The van der Waals surface area contributed by atoms with Gasteiger partial charge in [0.05, 0.1) is 11.4 Å². The minimum absolute atomic E-state index is 1.13. The van der Waals surface area contributed by atoms with Gasteiger partial charge in [0.15, 0.2) is 0 Å². The van der Waals surface area contributed by atoms with Crippen LogP contribution in [0.5, 0.6) is 0 Å². The van der Waals surface area contributed by atoms with Gasteiger partial charge in [-0.3, -0.25) is 0 Å². The number of hydrogen-bond acceptors (Lipinski definition) is 3. The van der Waals surface area contributed by atoms with E-state index in [0.29, 0.717) is 0 Å². The van der Waals surface area contributed by atoms with Crippen molar-refractivity contribution in [3.05, 3.63) is 212 Å². The summed E-state index contributed by atoms with van der Waals surface area (Å²) in [6.07, 6.45) is 0. The standard InChI is InChI=1S/C56H35NS2/c1-4-14-36(15-5-1)41-27-29-47-52(33-41)59-56-45(38-18-8-3-9-19-38)30-31-49(55(47)56)57(43-28-26-40-25-24-39-20-10-11-21-44(39)48(40)35-43)50-32-42(37-16-6-2-7-17-37)34-53-54(50)46-22-12-13-23-51(46)58-53/h1-35H. The van der Waals surface area contributed by atoms with Gasteiger partial charge < -0.3 is 4.90 Å². The van der Waals surface area contributed by atoms with Crippen molar-refractivity contribution in [1.29, 1.82) is 0 Å². The Morgan fingerprint density at radius 2 is 0.915 bits per heavy atom. The van der Waals surface area contributed by atoms with Crippen LogP contribution in [0.4, 0.5) is 17.1 Å². The highest BCUT2D eigenvalue weighted by Gasteiger charge is 2.25. The van der Waals surface area contributed by atoms with Crippen molar-refractivity contribution in [2.24, 2.45) is 0 Å². The van der Waals surface area contributed by atoms with Crippen molar-refractivity contribution in [2.45, 2.75) is 0 Å². The Bertz CT molecular complexity index is 3550. The summed E-state index contributed by atoms with van der Waals surface area (Å²) in [4.78, 5) is 2.57. The molecular weight excluding hydrogens is 751 g/mol. The summed E-state index contributed by atoms with van der Waals surface area (Å²) in [6, 6.07) is 78.3. The third-order valence-corrected chi connectivity index (χ3v) is 14.1. The predicted octanol–water partition coefficient (Wildman–Crippen LogP) is 17.2. The van der Waals surface area contributed by atoms with Gasteiger partial charge in [-0.2, -0.15) is 0 Å². The molecule has 0 N–H and O–H groups in total. The van der Waals surface area contributed by atoms with Gasteiger partial charge in [-0.1, -0.05) is 170 Å². The van der Waals surface area contributed by atoms with Crippen LogP contribution in [0.1, 0.15) is 0 Å². The van der Waals surface area contributed by atoms with Crippen LogP contribution in [0.3, 0.4) is 0 Å². The Kier molecular flexibility index (Phi) is 7.97. The van der Waals surface area contributed by atoms with Gasteiger partial charge in [0.1, 0.15) is 0 Å². The van der Waals surface area contributed by atoms with Crippen molar-refractivity contribution in [2.75, 3.05) is 4.90 Å².